The summed E-state index contributed by atoms with van der Waals surface area (Å²) in [7, 11) is 0. The van der Waals surface area contributed by atoms with Crippen molar-refractivity contribution in [2.45, 2.75) is 25.4 Å². The van der Waals surface area contributed by atoms with E-state index in [1.165, 1.54) is 12.8 Å². The number of nitrogen functional groups attached to an aromatic ring is 1. The summed E-state index contributed by atoms with van der Waals surface area (Å²) in [5.41, 5.74) is 7.30. The molecule has 5 heteroatoms. The molecule has 0 unspecified atom stereocenters. The van der Waals surface area contributed by atoms with Crippen LogP contribution in [0.5, 0.6) is 0 Å². The van der Waals surface area contributed by atoms with Crippen LogP contribution < -0.4 is 11.1 Å². The highest BCUT2D eigenvalue weighted by Crippen LogP contribution is 2.19. The van der Waals surface area contributed by atoms with Crippen molar-refractivity contribution in [3.63, 3.8) is 0 Å². The fraction of sp³-hybridized carbons (Fsp3) is 0.400. The molecule has 1 fully saturated rings. The minimum absolute atomic E-state index is 0.679. The summed E-state index contributed by atoms with van der Waals surface area (Å²) in [5, 5.41) is 11.6. The zero-order valence-corrected chi connectivity index (χ0v) is 8.35. The van der Waals surface area contributed by atoms with E-state index in [-0.39, 0.29) is 0 Å². The molecule has 78 valence electrons. The first kappa shape index (κ1) is 8.67. The molecule has 2 aromatic rings. The molecule has 0 atom stereocenters. The summed E-state index contributed by atoms with van der Waals surface area (Å²) < 4.78 is 1.94. The predicted octanol–water partition coefficient (Wildman–Crippen LogP) is 0.563. The lowest BCUT2D eigenvalue weighted by Gasteiger charge is -2.01. The summed E-state index contributed by atoms with van der Waals surface area (Å²) in [6, 6.07) is 4.39. The smallest absolute Gasteiger partial charge is 0.160 e. The van der Waals surface area contributed by atoms with Gasteiger partial charge in [0.25, 0.3) is 0 Å². The highest BCUT2D eigenvalue weighted by atomic mass is 15.3. The van der Waals surface area contributed by atoms with Gasteiger partial charge in [-0.15, -0.1) is 10.2 Å². The molecule has 1 aliphatic carbocycles. The highest BCUT2D eigenvalue weighted by Gasteiger charge is 2.20. The van der Waals surface area contributed by atoms with Gasteiger partial charge in [-0.2, -0.15) is 0 Å². The first-order chi connectivity index (χ1) is 7.33. The number of nitrogens with zero attached hydrogens (tertiary/aromatic N) is 3. The van der Waals surface area contributed by atoms with Gasteiger partial charge in [0.1, 0.15) is 0 Å². The number of pyridine rings is 1. The minimum Gasteiger partial charge on any atom is -0.398 e. The number of aromatic nitrogens is 3. The minimum atomic E-state index is 0.679. The van der Waals surface area contributed by atoms with Gasteiger partial charge in [0, 0.05) is 17.9 Å². The Morgan fingerprint density at radius 2 is 2.27 bits per heavy atom. The lowest BCUT2D eigenvalue weighted by molar-refractivity contribution is 0.652. The van der Waals surface area contributed by atoms with Crippen molar-refractivity contribution in [1.82, 2.24) is 19.9 Å². The molecule has 0 saturated heterocycles. The fourth-order valence-corrected chi connectivity index (χ4v) is 1.60. The number of hydrogen-bond acceptors (Lipinski definition) is 4. The van der Waals surface area contributed by atoms with E-state index in [2.05, 4.69) is 15.5 Å². The van der Waals surface area contributed by atoms with Gasteiger partial charge < -0.3 is 11.1 Å². The molecule has 0 aromatic carbocycles. The Hall–Kier alpha value is -1.62. The zero-order chi connectivity index (χ0) is 10.3. The van der Waals surface area contributed by atoms with Crippen molar-refractivity contribution in [3.05, 3.63) is 24.2 Å². The van der Waals surface area contributed by atoms with Gasteiger partial charge in [0.2, 0.25) is 0 Å². The molecule has 1 aliphatic rings. The van der Waals surface area contributed by atoms with E-state index in [1.54, 1.807) is 0 Å². The molecular weight excluding hydrogens is 190 g/mol. The van der Waals surface area contributed by atoms with Crippen molar-refractivity contribution in [1.29, 1.82) is 0 Å². The van der Waals surface area contributed by atoms with Gasteiger partial charge in [-0.05, 0) is 25.0 Å². The van der Waals surface area contributed by atoms with E-state index < -0.39 is 0 Å². The number of nitrogens with two attached hydrogens (primary N) is 1. The van der Waals surface area contributed by atoms with Crippen LogP contribution in [0.15, 0.2) is 18.3 Å². The Kier molecular flexibility index (Phi) is 1.85. The van der Waals surface area contributed by atoms with E-state index in [4.69, 9.17) is 5.73 Å². The standard InChI is InChI=1S/C10H13N5/c11-7-1-4-9-13-14-10(15(9)6-7)5-12-8-2-3-8/h1,4,6,8,12H,2-3,5,11H2. The number of nitrogens with one attached hydrogen (secondary N) is 1. The first-order valence-electron chi connectivity index (χ1n) is 5.15. The molecule has 15 heavy (non-hydrogen) atoms. The van der Waals surface area contributed by atoms with Crippen LogP contribution in [0, 0.1) is 0 Å². The SMILES string of the molecule is Nc1ccc2nnc(CNC3CC3)n2c1. The summed E-state index contributed by atoms with van der Waals surface area (Å²) in [6.45, 7) is 0.759. The molecule has 0 bridgehead atoms. The molecule has 1 saturated carbocycles. The molecule has 5 nitrogen and oxygen atoms in total. The van der Waals surface area contributed by atoms with E-state index in [1.807, 2.05) is 22.7 Å². The van der Waals surface area contributed by atoms with E-state index in [9.17, 15) is 0 Å². The van der Waals surface area contributed by atoms with Crippen LogP contribution >= 0.6 is 0 Å². The van der Waals surface area contributed by atoms with Crippen LogP contribution in [0.2, 0.25) is 0 Å². The molecule has 0 radical (unpaired) electrons. The topological polar surface area (TPSA) is 68.2 Å². The van der Waals surface area contributed by atoms with Crippen molar-refractivity contribution >= 4 is 11.3 Å². The molecule has 2 heterocycles. The lowest BCUT2D eigenvalue weighted by atomic mass is 10.4. The molecule has 0 aliphatic heterocycles. The summed E-state index contributed by atoms with van der Waals surface area (Å²) in [5.74, 6) is 0.921. The van der Waals surface area contributed by atoms with Crippen LogP contribution in [-0.4, -0.2) is 20.6 Å². The fourth-order valence-electron chi connectivity index (χ4n) is 1.60. The Balaban J connectivity index is 1.91. The van der Waals surface area contributed by atoms with Gasteiger partial charge in [-0.3, -0.25) is 4.40 Å². The molecular formula is C10H13N5. The van der Waals surface area contributed by atoms with Gasteiger partial charge in [-0.25, -0.2) is 0 Å². The quantitative estimate of drug-likeness (QED) is 0.765. The summed E-state index contributed by atoms with van der Waals surface area (Å²) in [6.07, 6.45) is 4.41. The van der Waals surface area contributed by atoms with Gasteiger partial charge >= 0.3 is 0 Å². The Morgan fingerprint density at radius 1 is 1.40 bits per heavy atom. The van der Waals surface area contributed by atoms with E-state index in [0.717, 1.165) is 23.7 Å². The normalized spacial score (nSPS) is 16.0. The number of anilines is 1. The van der Waals surface area contributed by atoms with Crippen molar-refractivity contribution in [3.8, 4) is 0 Å². The average molecular weight is 203 g/mol. The van der Waals surface area contributed by atoms with Crippen LogP contribution in [0.3, 0.4) is 0 Å². The Labute approximate surface area is 87.3 Å². The summed E-state index contributed by atoms with van der Waals surface area (Å²) >= 11 is 0. The maximum Gasteiger partial charge on any atom is 0.160 e. The van der Waals surface area contributed by atoms with Crippen LogP contribution in [0.25, 0.3) is 5.65 Å². The van der Waals surface area contributed by atoms with Gasteiger partial charge in [0.05, 0.1) is 6.54 Å². The van der Waals surface area contributed by atoms with Crippen LogP contribution in [0.4, 0.5) is 5.69 Å². The van der Waals surface area contributed by atoms with E-state index in [0.29, 0.717) is 6.04 Å². The Morgan fingerprint density at radius 3 is 3.07 bits per heavy atom. The number of rotatable bonds is 3. The third kappa shape index (κ3) is 1.66. The average Bonchev–Trinajstić information content (AvgIpc) is 2.97. The summed E-state index contributed by atoms with van der Waals surface area (Å²) in [4.78, 5) is 0. The van der Waals surface area contributed by atoms with E-state index >= 15 is 0 Å². The van der Waals surface area contributed by atoms with Crippen molar-refractivity contribution in [2.75, 3.05) is 5.73 Å². The zero-order valence-electron chi connectivity index (χ0n) is 8.35. The third-order valence-electron chi connectivity index (χ3n) is 2.62. The predicted molar refractivity (Wildman–Crippen MR) is 57.3 cm³/mol. The molecule has 2 aromatic heterocycles. The number of hydrogen-bond donors (Lipinski definition) is 2. The largest absolute Gasteiger partial charge is 0.398 e. The highest BCUT2D eigenvalue weighted by molar-refractivity contribution is 5.47. The van der Waals surface area contributed by atoms with Crippen molar-refractivity contribution in [2.24, 2.45) is 0 Å². The third-order valence-corrected chi connectivity index (χ3v) is 2.62. The van der Waals surface area contributed by atoms with Gasteiger partial charge in [0.15, 0.2) is 11.5 Å². The number of fused-ring (bicyclic) bond motifs is 1. The Bertz CT molecular complexity index is 486. The molecule has 3 rings (SSSR count). The van der Waals surface area contributed by atoms with Crippen LogP contribution in [0.1, 0.15) is 18.7 Å². The maximum atomic E-state index is 5.72. The second kappa shape index (κ2) is 3.20. The maximum absolute atomic E-state index is 5.72. The van der Waals surface area contributed by atoms with Crippen LogP contribution in [-0.2, 0) is 6.54 Å². The van der Waals surface area contributed by atoms with Gasteiger partial charge in [-0.1, -0.05) is 0 Å². The molecule has 0 spiro atoms. The molecule has 3 N–H and O–H groups in total. The lowest BCUT2D eigenvalue weighted by Crippen LogP contribution is -2.17. The monoisotopic (exact) mass is 203 g/mol. The first-order valence-corrected chi connectivity index (χ1v) is 5.15. The second-order valence-electron chi connectivity index (χ2n) is 3.96. The second-order valence-corrected chi connectivity index (χ2v) is 3.96. The molecule has 0 amide bonds. The van der Waals surface area contributed by atoms with Crippen molar-refractivity contribution < 1.29 is 0 Å².